The molecule has 2 N–H and O–H groups in total. The smallest absolute Gasteiger partial charge is 0.115 e. The maximum Gasteiger partial charge on any atom is 0.115 e. The summed E-state index contributed by atoms with van der Waals surface area (Å²) in [6, 6.07) is 7.94. The Morgan fingerprint density at radius 2 is 2.29 bits per heavy atom. The normalized spacial score (nSPS) is 9.79. The third-order valence-electron chi connectivity index (χ3n) is 1.94. The zero-order valence-electron chi connectivity index (χ0n) is 7.96. The SMILES string of the molecule is CNCC#Cc1[nH]nc2ccccc12. The first-order valence-electron chi connectivity index (χ1n) is 4.48. The lowest BCUT2D eigenvalue weighted by Gasteiger charge is -1.86. The summed E-state index contributed by atoms with van der Waals surface area (Å²) >= 11 is 0. The van der Waals surface area contributed by atoms with Gasteiger partial charge < -0.3 is 5.32 Å². The molecule has 1 aromatic heterocycles. The van der Waals surface area contributed by atoms with Gasteiger partial charge in [0.25, 0.3) is 0 Å². The Hall–Kier alpha value is -1.79. The summed E-state index contributed by atoms with van der Waals surface area (Å²) < 4.78 is 0. The number of hydrogen-bond donors (Lipinski definition) is 2. The molecule has 70 valence electrons. The predicted molar refractivity (Wildman–Crippen MR) is 56.9 cm³/mol. The molecule has 0 aliphatic carbocycles. The van der Waals surface area contributed by atoms with E-state index in [0.717, 1.165) is 16.6 Å². The first-order chi connectivity index (χ1) is 6.92. The first-order valence-corrected chi connectivity index (χ1v) is 4.48. The van der Waals surface area contributed by atoms with Crippen LogP contribution in [-0.2, 0) is 0 Å². The molecule has 14 heavy (non-hydrogen) atoms. The summed E-state index contributed by atoms with van der Waals surface area (Å²) in [5, 5.41) is 11.1. The maximum absolute atomic E-state index is 4.15. The van der Waals surface area contributed by atoms with Crippen molar-refractivity contribution >= 4 is 10.9 Å². The molecule has 2 aromatic rings. The predicted octanol–water partition coefficient (Wildman–Crippen LogP) is 1.13. The van der Waals surface area contributed by atoms with Crippen LogP contribution in [0.15, 0.2) is 24.3 Å². The van der Waals surface area contributed by atoms with Crippen molar-refractivity contribution in [1.29, 1.82) is 0 Å². The van der Waals surface area contributed by atoms with Gasteiger partial charge in [0.15, 0.2) is 0 Å². The van der Waals surface area contributed by atoms with Gasteiger partial charge in [0.05, 0.1) is 12.1 Å². The van der Waals surface area contributed by atoms with Crippen molar-refractivity contribution in [3.8, 4) is 11.8 Å². The number of aromatic amines is 1. The van der Waals surface area contributed by atoms with E-state index in [9.17, 15) is 0 Å². The van der Waals surface area contributed by atoms with E-state index in [1.54, 1.807) is 0 Å². The van der Waals surface area contributed by atoms with Gasteiger partial charge in [0, 0.05) is 5.39 Å². The zero-order valence-corrected chi connectivity index (χ0v) is 7.96. The minimum absolute atomic E-state index is 0.688. The van der Waals surface area contributed by atoms with Gasteiger partial charge in [0.2, 0.25) is 0 Å². The highest BCUT2D eigenvalue weighted by molar-refractivity contribution is 5.83. The minimum atomic E-state index is 0.688. The molecule has 0 saturated heterocycles. The number of nitrogens with one attached hydrogen (secondary N) is 2. The average Bonchev–Trinajstić information content (AvgIpc) is 2.63. The molecule has 3 nitrogen and oxygen atoms in total. The number of para-hydroxylation sites is 1. The summed E-state index contributed by atoms with van der Waals surface area (Å²) in [4.78, 5) is 0. The fourth-order valence-electron chi connectivity index (χ4n) is 1.28. The molecule has 0 unspecified atom stereocenters. The van der Waals surface area contributed by atoms with E-state index in [4.69, 9.17) is 0 Å². The van der Waals surface area contributed by atoms with Crippen molar-refractivity contribution in [2.75, 3.05) is 13.6 Å². The van der Waals surface area contributed by atoms with Gasteiger partial charge in [-0.1, -0.05) is 18.1 Å². The summed E-state index contributed by atoms with van der Waals surface area (Å²) in [5.41, 5.74) is 1.84. The van der Waals surface area contributed by atoms with E-state index in [0.29, 0.717) is 6.54 Å². The number of H-pyrrole nitrogens is 1. The molecular formula is C11H11N3. The second kappa shape index (κ2) is 3.95. The fraction of sp³-hybridized carbons (Fsp3) is 0.182. The van der Waals surface area contributed by atoms with Crippen molar-refractivity contribution < 1.29 is 0 Å². The summed E-state index contributed by atoms with van der Waals surface area (Å²) in [7, 11) is 1.87. The minimum Gasteiger partial charge on any atom is -0.309 e. The highest BCUT2D eigenvalue weighted by Gasteiger charge is 1.99. The van der Waals surface area contributed by atoms with Crippen LogP contribution < -0.4 is 5.32 Å². The van der Waals surface area contributed by atoms with E-state index in [2.05, 4.69) is 27.4 Å². The number of nitrogens with zero attached hydrogens (tertiary/aromatic N) is 1. The van der Waals surface area contributed by atoms with Crippen LogP contribution in [0.2, 0.25) is 0 Å². The first kappa shape index (κ1) is 8.79. The Bertz CT molecular complexity index is 488. The topological polar surface area (TPSA) is 40.7 Å². The van der Waals surface area contributed by atoms with Crippen LogP contribution in [0.5, 0.6) is 0 Å². The van der Waals surface area contributed by atoms with Crippen molar-refractivity contribution in [3.05, 3.63) is 30.0 Å². The van der Waals surface area contributed by atoms with E-state index >= 15 is 0 Å². The maximum atomic E-state index is 4.15. The highest BCUT2D eigenvalue weighted by Crippen LogP contribution is 2.13. The number of hydrogen-bond acceptors (Lipinski definition) is 2. The van der Waals surface area contributed by atoms with Crippen molar-refractivity contribution in [1.82, 2.24) is 15.5 Å². The monoisotopic (exact) mass is 185 g/mol. The molecule has 0 spiro atoms. The molecule has 1 heterocycles. The van der Waals surface area contributed by atoms with Crippen LogP contribution in [0.3, 0.4) is 0 Å². The van der Waals surface area contributed by atoms with E-state index in [1.807, 2.05) is 31.3 Å². The molecule has 1 aromatic carbocycles. The standard InChI is InChI=1S/C11H11N3/c1-12-8-4-7-11-9-5-2-3-6-10(9)13-14-11/h2-3,5-6,12H,8H2,1H3,(H,13,14). The quantitative estimate of drug-likeness (QED) is 0.654. The van der Waals surface area contributed by atoms with Crippen LogP contribution in [-0.4, -0.2) is 23.8 Å². The van der Waals surface area contributed by atoms with Crippen LogP contribution in [0, 0.1) is 11.8 Å². The molecule has 0 fully saturated rings. The lowest BCUT2D eigenvalue weighted by atomic mass is 10.2. The fourth-order valence-corrected chi connectivity index (χ4v) is 1.28. The number of benzene rings is 1. The second-order valence-electron chi connectivity index (χ2n) is 2.95. The second-order valence-corrected chi connectivity index (χ2v) is 2.95. The van der Waals surface area contributed by atoms with Gasteiger partial charge in [-0.05, 0) is 25.1 Å². The van der Waals surface area contributed by atoms with Gasteiger partial charge in [-0.2, -0.15) is 5.10 Å². The lowest BCUT2D eigenvalue weighted by molar-refractivity contribution is 0.938. The van der Waals surface area contributed by atoms with Gasteiger partial charge in [-0.15, -0.1) is 0 Å². The molecule has 0 bridgehead atoms. The summed E-state index contributed by atoms with van der Waals surface area (Å²) in [6.07, 6.45) is 0. The largest absolute Gasteiger partial charge is 0.309 e. The molecule has 3 heteroatoms. The van der Waals surface area contributed by atoms with Gasteiger partial charge >= 0.3 is 0 Å². The number of aromatic nitrogens is 2. The molecule has 0 aliphatic heterocycles. The van der Waals surface area contributed by atoms with E-state index in [1.165, 1.54) is 0 Å². The zero-order chi connectivity index (χ0) is 9.80. The molecular weight excluding hydrogens is 174 g/mol. The molecule has 0 saturated carbocycles. The molecule has 0 aliphatic rings. The van der Waals surface area contributed by atoms with Crippen molar-refractivity contribution in [3.63, 3.8) is 0 Å². The Morgan fingerprint density at radius 3 is 3.14 bits per heavy atom. The highest BCUT2D eigenvalue weighted by atomic mass is 15.1. The van der Waals surface area contributed by atoms with Crippen molar-refractivity contribution in [2.45, 2.75) is 0 Å². The Kier molecular flexibility index (Phi) is 2.48. The van der Waals surface area contributed by atoms with Crippen molar-refractivity contribution in [2.24, 2.45) is 0 Å². The molecule has 0 radical (unpaired) electrons. The van der Waals surface area contributed by atoms with Gasteiger partial charge in [-0.25, -0.2) is 0 Å². The van der Waals surface area contributed by atoms with Gasteiger partial charge in [0.1, 0.15) is 5.69 Å². The van der Waals surface area contributed by atoms with Crippen LogP contribution in [0.1, 0.15) is 5.69 Å². The lowest BCUT2D eigenvalue weighted by Crippen LogP contribution is -2.04. The molecule has 2 rings (SSSR count). The average molecular weight is 185 g/mol. The van der Waals surface area contributed by atoms with E-state index < -0.39 is 0 Å². The third-order valence-corrected chi connectivity index (χ3v) is 1.94. The Balaban J connectivity index is 2.40. The summed E-state index contributed by atoms with van der Waals surface area (Å²) in [6.45, 7) is 0.688. The van der Waals surface area contributed by atoms with Crippen LogP contribution >= 0.6 is 0 Å². The van der Waals surface area contributed by atoms with Gasteiger partial charge in [-0.3, -0.25) is 5.10 Å². The Morgan fingerprint density at radius 1 is 1.43 bits per heavy atom. The number of rotatable bonds is 1. The van der Waals surface area contributed by atoms with Crippen LogP contribution in [0.4, 0.5) is 0 Å². The number of fused-ring (bicyclic) bond motifs is 1. The molecule has 0 atom stereocenters. The Labute approximate surface area is 82.5 Å². The molecule has 0 amide bonds. The van der Waals surface area contributed by atoms with Crippen LogP contribution in [0.25, 0.3) is 10.9 Å². The van der Waals surface area contributed by atoms with E-state index in [-0.39, 0.29) is 0 Å². The third kappa shape index (κ3) is 1.61. The summed E-state index contributed by atoms with van der Waals surface area (Å²) in [5.74, 6) is 6.04.